The molecule has 0 saturated carbocycles. The average molecular weight is 362 g/mol. The minimum absolute atomic E-state index is 0.374. The Labute approximate surface area is 150 Å². The number of aromatic amines is 1. The van der Waals surface area contributed by atoms with Crippen molar-refractivity contribution in [1.82, 2.24) is 4.98 Å². The molecule has 0 fully saturated rings. The standard InChI is InChI=1S/C19H17Cl2NO2/c1-3-14-17-12(8-11-6-4-5-7-15(11)20)9-13(19(23)24-2)10-16(17)22-18(14)21/h4-7,9-10,22H,3,8H2,1-2H3. The zero-order chi connectivity index (χ0) is 17.3. The van der Waals surface area contributed by atoms with Crippen LogP contribution >= 0.6 is 23.2 Å². The molecule has 3 aromatic rings. The summed E-state index contributed by atoms with van der Waals surface area (Å²) in [5.41, 5.74) is 4.38. The Balaban J connectivity index is 2.22. The summed E-state index contributed by atoms with van der Waals surface area (Å²) in [5.74, 6) is -0.374. The summed E-state index contributed by atoms with van der Waals surface area (Å²) >= 11 is 12.7. The van der Waals surface area contributed by atoms with Crippen LogP contribution in [0.25, 0.3) is 10.9 Å². The molecule has 0 radical (unpaired) electrons. The predicted molar refractivity (Wildman–Crippen MR) is 98.3 cm³/mol. The first-order chi connectivity index (χ1) is 11.5. The number of H-pyrrole nitrogens is 1. The Hall–Kier alpha value is -1.97. The van der Waals surface area contributed by atoms with Gasteiger partial charge in [-0.25, -0.2) is 4.79 Å². The molecule has 1 N–H and O–H groups in total. The molecule has 1 heterocycles. The Kier molecular flexibility index (Phi) is 4.83. The lowest BCUT2D eigenvalue weighted by Gasteiger charge is -2.10. The van der Waals surface area contributed by atoms with Crippen LogP contribution in [0.5, 0.6) is 0 Å². The van der Waals surface area contributed by atoms with E-state index < -0.39 is 0 Å². The van der Waals surface area contributed by atoms with Crippen LogP contribution in [0.2, 0.25) is 10.2 Å². The van der Waals surface area contributed by atoms with Gasteiger partial charge in [-0.2, -0.15) is 0 Å². The van der Waals surface area contributed by atoms with Crippen molar-refractivity contribution in [3.8, 4) is 0 Å². The highest BCUT2D eigenvalue weighted by Gasteiger charge is 2.17. The van der Waals surface area contributed by atoms with E-state index in [1.807, 2.05) is 30.3 Å². The van der Waals surface area contributed by atoms with Gasteiger partial charge in [-0.3, -0.25) is 0 Å². The lowest BCUT2D eigenvalue weighted by molar-refractivity contribution is 0.0601. The molecule has 3 rings (SSSR count). The molecular weight excluding hydrogens is 345 g/mol. The van der Waals surface area contributed by atoms with E-state index in [1.165, 1.54) is 7.11 Å². The number of fused-ring (bicyclic) bond motifs is 1. The van der Waals surface area contributed by atoms with Gasteiger partial charge >= 0.3 is 5.97 Å². The van der Waals surface area contributed by atoms with E-state index in [0.29, 0.717) is 22.2 Å². The second-order valence-corrected chi connectivity index (χ2v) is 6.37. The van der Waals surface area contributed by atoms with Crippen LogP contribution in [-0.2, 0) is 17.6 Å². The molecule has 0 aliphatic rings. The number of nitrogens with one attached hydrogen (secondary N) is 1. The molecule has 0 saturated heterocycles. The van der Waals surface area contributed by atoms with E-state index >= 15 is 0 Å². The third kappa shape index (κ3) is 3.02. The molecule has 5 heteroatoms. The number of methoxy groups -OCH3 is 1. The fraction of sp³-hybridized carbons (Fsp3) is 0.211. The molecule has 1 aromatic heterocycles. The SMILES string of the molecule is CCc1c(Cl)[nH]c2cc(C(=O)OC)cc(Cc3ccccc3Cl)c12. The normalized spacial score (nSPS) is 11.0. The highest BCUT2D eigenvalue weighted by atomic mass is 35.5. The molecule has 124 valence electrons. The monoisotopic (exact) mass is 361 g/mol. The fourth-order valence-electron chi connectivity index (χ4n) is 3.01. The summed E-state index contributed by atoms with van der Waals surface area (Å²) in [7, 11) is 1.37. The summed E-state index contributed by atoms with van der Waals surface area (Å²) < 4.78 is 4.87. The van der Waals surface area contributed by atoms with Gasteiger partial charge in [0.15, 0.2) is 0 Å². The van der Waals surface area contributed by atoms with Crippen molar-refractivity contribution in [3.63, 3.8) is 0 Å². The predicted octanol–water partition coefficient (Wildman–Crippen LogP) is 5.41. The molecule has 0 aliphatic carbocycles. The minimum atomic E-state index is -0.374. The lowest BCUT2D eigenvalue weighted by Crippen LogP contribution is -2.03. The van der Waals surface area contributed by atoms with Gasteiger partial charge in [0, 0.05) is 15.9 Å². The number of rotatable bonds is 4. The molecule has 0 unspecified atom stereocenters. The minimum Gasteiger partial charge on any atom is -0.465 e. The van der Waals surface area contributed by atoms with E-state index in [9.17, 15) is 4.79 Å². The van der Waals surface area contributed by atoms with Crippen LogP contribution in [0.15, 0.2) is 36.4 Å². The number of aryl methyl sites for hydroxylation is 1. The Bertz CT molecular complexity index is 915. The van der Waals surface area contributed by atoms with Crippen molar-refractivity contribution >= 4 is 40.1 Å². The van der Waals surface area contributed by atoms with Gasteiger partial charge in [0.2, 0.25) is 0 Å². The number of carbonyl (C=O) groups is 1. The number of ether oxygens (including phenoxy) is 1. The largest absolute Gasteiger partial charge is 0.465 e. The van der Waals surface area contributed by atoms with Crippen molar-refractivity contribution in [2.45, 2.75) is 19.8 Å². The number of esters is 1. The smallest absolute Gasteiger partial charge is 0.337 e. The van der Waals surface area contributed by atoms with Crippen LogP contribution in [0.4, 0.5) is 0 Å². The quantitative estimate of drug-likeness (QED) is 0.630. The van der Waals surface area contributed by atoms with E-state index in [1.54, 1.807) is 6.07 Å². The first kappa shape index (κ1) is 16.9. The van der Waals surface area contributed by atoms with Crippen molar-refractivity contribution in [3.05, 3.63) is 68.8 Å². The maximum atomic E-state index is 12.0. The van der Waals surface area contributed by atoms with E-state index in [0.717, 1.165) is 34.0 Å². The third-order valence-corrected chi connectivity index (χ3v) is 4.84. The van der Waals surface area contributed by atoms with Crippen molar-refractivity contribution in [2.24, 2.45) is 0 Å². The first-order valence-electron chi connectivity index (χ1n) is 7.69. The highest BCUT2D eigenvalue weighted by Crippen LogP contribution is 2.33. The van der Waals surface area contributed by atoms with Crippen molar-refractivity contribution in [1.29, 1.82) is 0 Å². The highest BCUT2D eigenvalue weighted by molar-refractivity contribution is 6.32. The first-order valence-corrected chi connectivity index (χ1v) is 8.45. The maximum Gasteiger partial charge on any atom is 0.337 e. The van der Waals surface area contributed by atoms with Crippen LogP contribution in [0.3, 0.4) is 0 Å². The molecule has 24 heavy (non-hydrogen) atoms. The van der Waals surface area contributed by atoms with Gasteiger partial charge in [0.1, 0.15) is 5.15 Å². The van der Waals surface area contributed by atoms with Gasteiger partial charge in [-0.1, -0.05) is 48.3 Å². The molecular formula is C19H17Cl2NO2. The van der Waals surface area contributed by atoms with Crippen LogP contribution in [-0.4, -0.2) is 18.1 Å². The summed E-state index contributed by atoms with van der Waals surface area (Å²) in [6, 6.07) is 11.3. The topological polar surface area (TPSA) is 42.1 Å². The number of hydrogen-bond donors (Lipinski definition) is 1. The molecule has 0 amide bonds. The maximum absolute atomic E-state index is 12.0. The number of aromatic nitrogens is 1. The van der Waals surface area contributed by atoms with E-state index in [-0.39, 0.29) is 5.97 Å². The second-order valence-electron chi connectivity index (χ2n) is 5.59. The van der Waals surface area contributed by atoms with E-state index in [2.05, 4.69) is 11.9 Å². The fourth-order valence-corrected chi connectivity index (χ4v) is 3.55. The average Bonchev–Trinajstić information content (AvgIpc) is 2.91. The number of halogens is 2. The molecule has 2 aromatic carbocycles. The molecule has 3 nitrogen and oxygen atoms in total. The van der Waals surface area contributed by atoms with Crippen molar-refractivity contribution in [2.75, 3.05) is 7.11 Å². The zero-order valence-corrected chi connectivity index (χ0v) is 15.0. The Morgan fingerprint density at radius 1 is 1.17 bits per heavy atom. The van der Waals surface area contributed by atoms with Gasteiger partial charge in [0.05, 0.1) is 12.7 Å². The van der Waals surface area contributed by atoms with Gasteiger partial charge in [-0.15, -0.1) is 0 Å². The number of benzene rings is 2. The zero-order valence-electron chi connectivity index (χ0n) is 13.5. The number of carbonyl (C=O) groups excluding carboxylic acids is 1. The third-order valence-electron chi connectivity index (χ3n) is 4.14. The summed E-state index contributed by atoms with van der Waals surface area (Å²) in [5, 5.41) is 2.36. The summed E-state index contributed by atoms with van der Waals surface area (Å²) in [4.78, 5) is 15.2. The van der Waals surface area contributed by atoms with Crippen LogP contribution < -0.4 is 0 Å². The van der Waals surface area contributed by atoms with Crippen molar-refractivity contribution < 1.29 is 9.53 Å². The summed E-state index contributed by atoms with van der Waals surface area (Å²) in [6.45, 7) is 2.06. The molecule has 0 atom stereocenters. The van der Waals surface area contributed by atoms with Gasteiger partial charge in [0.25, 0.3) is 0 Å². The molecule has 0 spiro atoms. The van der Waals surface area contributed by atoms with Gasteiger partial charge < -0.3 is 9.72 Å². The van der Waals surface area contributed by atoms with Crippen LogP contribution in [0.1, 0.15) is 34.0 Å². The Morgan fingerprint density at radius 2 is 1.92 bits per heavy atom. The second kappa shape index (κ2) is 6.88. The summed E-state index contributed by atoms with van der Waals surface area (Å²) in [6.07, 6.45) is 1.41. The Morgan fingerprint density at radius 3 is 2.58 bits per heavy atom. The van der Waals surface area contributed by atoms with Crippen LogP contribution in [0, 0.1) is 0 Å². The van der Waals surface area contributed by atoms with E-state index in [4.69, 9.17) is 27.9 Å². The molecule has 0 bridgehead atoms. The molecule has 0 aliphatic heterocycles. The number of hydrogen-bond acceptors (Lipinski definition) is 2. The van der Waals surface area contributed by atoms with Gasteiger partial charge in [-0.05, 0) is 47.7 Å². The lowest BCUT2D eigenvalue weighted by atomic mass is 9.96.